The second-order valence-corrected chi connectivity index (χ2v) is 10.7. The lowest BCUT2D eigenvalue weighted by atomic mass is 9.85. The second-order valence-electron chi connectivity index (χ2n) is 10.7. The zero-order valence-corrected chi connectivity index (χ0v) is 22.6. The lowest BCUT2D eigenvalue weighted by Gasteiger charge is -2.21. The molecule has 1 saturated carbocycles. The van der Waals surface area contributed by atoms with Crippen LogP contribution in [-0.2, 0) is 17.8 Å². The van der Waals surface area contributed by atoms with E-state index < -0.39 is 0 Å². The number of benzene rings is 2. The molecule has 0 saturated heterocycles. The van der Waals surface area contributed by atoms with E-state index in [4.69, 9.17) is 4.74 Å². The molecule has 37 heavy (non-hydrogen) atoms. The van der Waals surface area contributed by atoms with Crippen LogP contribution in [0.5, 0.6) is 0 Å². The van der Waals surface area contributed by atoms with Gasteiger partial charge in [-0.3, -0.25) is 0 Å². The van der Waals surface area contributed by atoms with E-state index in [-0.39, 0.29) is 29.7 Å². The summed E-state index contributed by atoms with van der Waals surface area (Å²) in [6.07, 6.45) is 13.3. The highest BCUT2D eigenvalue weighted by Gasteiger charge is 2.12. The van der Waals surface area contributed by atoms with Gasteiger partial charge in [0.2, 0.25) is 0 Å². The maximum absolute atomic E-state index is 5.43. The maximum atomic E-state index is 5.43. The number of aryl methyl sites for hydroxylation is 1. The standard InChI is InChI=1S/C11H22.C11H16.C10H14O.4CH4/c2*1-10(2)8-9-11-6-4-3-5-7-11;1-9(2)11-8-10-6-4-3-5-7-10;;;;/h10-11H,3-9H2,1-2H3;3-7,10H,8-9H2,1-2H3;3-7,9H,8H2,1-2H3;4*1H4. The molecule has 1 heteroatoms. The van der Waals surface area contributed by atoms with E-state index in [1.165, 1.54) is 68.9 Å². The minimum absolute atomic E-state index is 0. The predicted molar refractivity (Wildman–Crippen MR) is 174 cm³/mol. The number of rotatable bonds is 9. The van der Waals surface area contributed by atoms with E-state index in [0.29, 0.717) is 6.10 Å². The van der Waals surface area contributed by atoms with Crippen LogP contribution >= 0.6 is 0 Å². The summed E-state index contributed by atoms with van der Waals surface area (Å²) in [6, 6.07) is 20.9. The Bertz CT molecular complexity index is 606. The molecule has 3 rings (SSSR count). The maximum Gasteiger partial charge on any atom is 0.0720 e. The van der Waals surface area contributed by atoms with E-state index in [2.05, 4.69) is 70.2 Å². The average molecular weight is 517 g/mol. The van der Waals surface area contributed by atoms with Crippen LogP contribution < -0.4 is 0 Å². The van der Waals surface area contributed by atoms with Crippen LogP contribution in [0.1, 0.15) is 134 Å². The Labute approximate surface area is 235 Å². The lowest BCUT2D eigenvalue weighted by Crippen LogP contribution is -2.06. The van der Waals surface area contributed by atoms with Crippen molar-refractivity contribution >= 4 is 0 Å². The smallest absolute Gasteiger partial charge is 0.0720 e. The summed E-state index contributed by atoms with van der Waals surface area (Å²) in [4.78, 5) is 0. The van der Waals surface area contributed by atoms with Gasteiger partial charge in [-0.2, -0.15) is 0 Å². The second kappa shape index (κ2) is 27.4. The van der Waals surface area contributed by atoms with Crippen molar-refractivity contribution in [3.05, 3.63) is 71.8 Å². The highest BCUT2D eigenvalue weighted by molar-refractivity contribution is 5.14. The number of hydrogen-bond acceptors (Lipinski definition) is 1. The monoisotopic (exact) mass is 517 g/mol. The molecular weight excluding hydrogens is 448 g/mol. The van der Waals surface area contributed by atoms with E-state index in [1.807, 2.05) is 32.0 Å². The molecule has 0 amide bonds. The van der Waals surface area contributed by atoms with Gasteiger partial charge in [0, 0.05) is 0 Å². The van der Waals surface area contributed by atoms with Crippen molar-refractivity contribution in [1.29, 1.82) is 0 Å². The minimum Gasteiger partial charge on any atom is -0.374 e. The van der Waals surface area contributed by atoms with E-state index >= 15 is 0 Å². The van der Waals surface area contributed by atoms with Crippen molar-refractivity contribution in [3.8, 4) is 0 Å². The highest BCUT2D eigenvalue weighted by atomic mass is 16.5. The van der Waals surface area contributed by atoms with Gasteiger partial charge in [0.15, 0.2) is 0 Å². The number of ether oxygens (including phenoxy) is 1. The van der Waals surface area contributed by atoms with Crippen molar-refractivity contribution in [2.45, 2.75) is 142 Å². The van der Waals surface area contributed by atoms with Crippen LogP contribution in [0.3, 0.4) is 0 Å². The molecule has 0 N–H and O–H groups in total. The van der Waals surface area contributed by atoms with E-state index in [9.17, 15) is 0 Å². The summed E-state index contributed by atoms with van der Waals surface area (Å²) in [6.45, 7) is 14.0. The first-order valence-electron chi connectivity index (χ1n) is 13.6. The Hall–Kier alpha value is -1.60. The lowest BCUT2D eigenvalue weighted by molar-refractivity contribution is 0.0657. The van der Waals surface area contributed by atoms with Gasteiger partial charge in [-0.25, -0.2) is 0 Å². The molecule has 1 fully saturated rings. The van der Waals surface area contributed by atoms with Gasteiger partial charge in [0.1, 0.15) is 0 Å². The summed E-state index contributed by atoms with van der Waals surface area (Å²) < 4.78 is 5.43. The van der Waals surface area contributed by atoms with E-state index in [0.717, 1.165) is 24.4 Å². The first-order valence-corrected chi connectivity index (χ1v) is 13.6. The Morgan fingerprint density at radius 1 is 0.622 bits per heavy atom. The largest absolute Gasteiger partial charge is 0.374 e. The summed E-state index contributed by atoms with van der Waals surface area (Å²) in [7, 11) is 0. The fourth-order valence-electron chi connectivity index (χ4n) is 3.98. The van der Waals surface area contributed by atoms with E-state index in [1.54, 1.807) is 0 Å². The molecule has 218 valence electrons. The minimum atomic E-state index is 0. The molecule has 0 bridgehead atoms. The van der Waals surface area contributed by atoms with Crippen LogP contribution in [0.2, 0.25) is 0 Å². The third-order valence-electron chi connectivity index (χ3n) is 6.16. The third-order valence-corrected chi connectivity index (χ3v) is 6.16. The quantitative estimate of drug-likeness (QED) is 0.322. The molecule has 0 aromatic heterocycles. The summed E-state index contributed by atoms with van der Waals surface area (Å²) >= 11 is 0. The topological polar surface area (TPSA) is 9.23 Å². The highest BCUT2D eigenvalue weighted by Crippen LogP contribution is 2.28. The molecule has 0 heterocycles. The summed E-state index contributed by atoms with van der Waals surface area (Å²) in [5.41, 5.74) is 2.70. The van der Waals surface area contributed by atoms with Crippen molar-refractivity contribution < 1.29 is 4.74 Å². The van der Waals surface area contributed by atoms with Crippen molar-refractivity contribution in [3.63, 3.8) is 0 Å². The van der Waals surface area contributed by atoms with Crippen LogP contribution in [0.15, 0.2) is 60.7 Å². The molecular formula is C36H68O. The van der Waals surface area contributed by atoms with Crippen LogP contribution in [-0.4, -0.2) is 6.10 Å². The fraction of sp³-hybridized carbons (Fsp3) is 0.667. The zero-order chi connectivity index (χ0) is 24.3. The summed E-state index contributed by atoms with van der Waals surface area (Å²) in [5, 5.41) is 0. The molecule has 1 aliphatic carbocycles. The Balaban J connectivity index is -0.000000209. The Kier molecular flexibility index (Phi) is 31.5. The van der Waals surface area contributed by atoms with Crippen LogP contribution in [0.4, 0.5) is 0 Å². The SMILES string of the molecule is C.C.C.C.CC(C)CCC1CCCCC1.CC(C)CCc1ccccc1.CC(C)OCc1ccccc1. The molecule has 1 aliphatic rings. The van der Waals surface area contributed by atoms with Crippen molar-refractivity contribution in [1.82, 2.24) is 0 Å². The Morgan fingerprint density at radius 3 is 1.51 bits per heavy atom. The normalized spacial score (nSPS) is 12.5. The molecule has 0 atom stereocenters. The van der Waals surface area contributed by atoms with Crippen molar-refractivity contribution in [2.75, 3.05) is 0 Å². The van der Waals surface area contributed by atoms with Gasteiger partial charge in [0.25, 0.3) is 0 Å². The number of hydrogen-bond donors (Lipinski definition) is 0. The van der Waals surface area contributed by atoms with Gasteiger partial charge in [-0.15, -0.1) is 0 Å². The first-order chi connectivity index (χ1) is 15.9. The molecule has 0 radical (unpaired) electrons. The van der Waals surface area contributed by atoms with Crippen LogP contribution in [0.25, 0.3) is 0 Å². The molecule has 2 aromatic carbocycles. The van der Waals surface area contributed by atoms with Gasteiger partial charge in [0.05, 0.1) is 12.7 Å². The van der Waals surface area contributed by atoms with Gasteiger partial charge >= 0.3 is 0 Å². The fourth-order valence-corrected chi connectivity index (χ4v) is 3.98. The zero-order valence-electron chi connectivity index (χ0n) is 22.6. The Morgan fingerprint density at radius 2 is 1.08 bits per heavy atom. The predicted octanol–water partition coefficient (Wildman–Crippen LogP) is 12.4. The first kappa shape index (κ1) is 42.5. The summed E-state index contributed by atoms with van der Waals surface area (Å²) in [5.74, 6) is 2.82. The average Bonchev–Trinajstić information content (AvgIpc) is 2.83. The van der Waals surface area contributed by atoms with Crippen molar-refractivity contribution in [2.24, 2.45) is 17.8 Å². The van der Waals surface area contributed by atoms with Gasteiger partial charge in [-0.05, 0) is 55.6 Å². The molecule has 0 spiro atoms. The molecule has 2 aromatic rings. The third kappa shape index (κ3) is 25.8. The van der Waals surface area contributed by atoms with Crippen LogP contribution in [0, 0.1) is 17.8 Å². The van der Waals surface area contributed by atoms with Gasteiger partial charge < -0.3 is 4.74 Å². The molecule has 0 aliphatic heterocycles. The molecule has 0 unspecified atom stereocenters. The van der Waals surface area contributed by atoms with Gasteiger partial charge in [-0.1, -0.05) is 163 Å². The molecule has 1 nitrogen and oxygen atoms in total.